The van der Waals surface area contributed by atoms with Gasteiger partial charge in [-0.2, -0.15) is 0 Å². The van der Waals surface area contributed by atoms with Gasteiger partial charge in [0.15, 0.2) is 5.13 Å². The van der Waals surface area contributed by atoms with E-state index < -0.39 is 0 Å². The topological polar surface area (TPSA) is 45.4 Å². The fourth-order valence-corrected chi connectivity index (χ4v) is 3.34. The van der Waals surface area contributed by atoms with Gasteiger partial charge in [0.2, 0.25) is 0 Å². The van der Waals surface area contributed by atoms with E-state index in [9.17, 15) is 0 Å². The Kier molecular flexibility index (Phi) is 4.59. The number of aryl methyl sites for hydroxylation is 1. The summed E-state index contributed by atoms with van der Waals surface area (Å²) >= 11 is 1.75. The second-order valence-electron chi connectivity index (χ2n) is 4.99. The minimum Gasteiger partial charge on any atom is -0.346 e. The lowest BCUT2D eigenvalue weighted by Crippen LogP contribution is -2.49. The van der Waals surface area contributed by atoms with E-state index in [0.29, 0.717) is 12.6 Å². The van der Waals surface area contributed by atoms with Crippen molar-refractivity contribution < 1.29 is 0 Å². The highest BCUT2D eigenvalue weighted by molar-refractivity contribution is 7.15. The molecule has 1 aromatic heterocycles. The third kappa shape index (κ3) is 2.84. The highest BCUT2D eigenvalue weighted by Gasteiger charge is 2.22. The number of anilines is 1. The number of nitrogens with zero attached hydrogens (tertiary/aromatic N) is 3. The van der Waals surface area contributed by atoms with Crippen LogP contribution in [0.25, 0.3) is 0 Å². The van der Waals surface area contributed by atoms with Crippen LogP contribution in [-0.2, 0) is 6.54 Å². The number of aromatic nitrogens is 1. The molecule has 5 heteroatoms. The highest BCUT2D eigenvalue weighted by atomic mass is 32.1. The first kappa shape index (κ1) is 13.8. The predicted molar refractivity (Wildman–Crippen MR) is 78.3 cm³/mol. The van der Waals surface area contributed by atoms with E-state index in [1.807, 2.05) is 0 Å². The van der Waals surface area contributed by atoms with Crippen molar-refractivity contribution in [3.63, 3.8) is 0 Å². The van der Waals surface area contributed by atoms with E-state index in [1.54, 1.807) is 11.3 Å². The van der Waals surface area contributed by atoms with Gasteiger partial charge in [0.1, 0.15) is 0 Å². The maximum atomic E-state index is 5.72. The van der Waals surface area contributed by atoms with Crippen LogP contribution in [0.1, 0.15) is 30.8 Å². The Bertz CT molecular complexity index is 382. The summed E-state index contributed by atoms with van der Waals surface area (Å²) in [6, 6.07) is 0.699. The maximum absolute atomic E-state index is 5.72. The van der Waals surface area contributed by atoms with Crippen molar-refractivity contribution in [3.05, 3.63) is 10.6 Å². The zero-order valence-corrected chi connectivity index (χ0v) is 12.5. The first-order chi connectivity index (χ1) is 8.65. The summed E-state index contributed by atoms with van der Waals surface area (Å²) in [6.07, 6.45) is 1.23. The molecule has 1 aliphatic heterocycles. The summed E-state index contributed by atoms with van der Waals surface area (Å²) in [5.41, 5.74) is 6.82. The Morgan fingerprint density at radius 3 is 2.50 bits per heavy atom. The molecule has 0 aliphatic carbocycles. The number of rotatable bonds is 4. The largest absolute Gasteiger partial charge is 0.346 e. The van der Waals surface area contributed by atoms with E-state index in [0.717, 1.165) is 37.0 Å². The van der Waals surface area contributed by atoms with Crippen LogP contribution in [0.4, 0.5) is 5.13 Å². The number of nitrogens with two attached hydrogens (primary N) is 1. The molecule has 102 valence electrons. The predicted octanol–water partition coefficient (Wildman–Crippen LogP) is 1.83. The molecule has 0 bridgehead atoms. The van der Waals surface area contributed by atoms with Crippen LogP contribution in [0.2, 0.25) is 0 Å². The van der Waals surface area contributed by atoms with Crippen LogP contribution < -0.4 is 10.6 Å². The molecule has 0 spiro atoms. The molecule has 2 N–H and O–H groups in total. The van der Waals surface area contributed by atoms with Crippen molar-refractivity contribution in [2.45, 2.75) is 39.8 Å². The van der Waals surface area contributed by atoms with Crippen molar-refractivity contribution in [2.75, 3.05) is 31.1 Å². The van der Waals surface area contributed by atoms with Crippen molar-refractivity contribution in [2.24, 2.45) is 5.73 Å². The lowest BCUT2D eigenvalue weighted by Gasteiger charge is -2.37. The number of thiazole rings is 1. The smallest absolute Gasteiger partial charge is 0.185 e. The van der Waals surface area contributed by atoms with E-state index in [4.69, 9.17) is 5.73 Å². The summed E-state index contributed by atoms with van der Waals surface area (Å²) in [5, 5.41) is 1.15. The van der Waals surface area contributed by atoms with Crippen molar-refractivity contribution >= 4 is 16.5 Å². The third-order valence-corrected chi connectivity index (χ3v) is 5.11. The molecule has 18 heavy (non-hydrogen) atoms. The van der Waals surface area contributed by atoms with Crippen LogP contribution in [0, 0.1) is 6.92 Å². The van der Waals surface area contributed by atoms with Gasteiger partial charge >= 0.3 is 0 Å². The molecule has 4 nitrogen and oxygen atoms in total. The Morgan fingerprint density at radius 2 is 2.00 bits per heavy atom. The molecule has 1 aliphatic rings. The van der Waals surface area contributed by atoms with Gasteiger partial charge in [-0.25, -0.2) is 4.98 Å². The average Bonchev–Trinajstić information content (AvgIpc) is 2.79. The van der Waals surface area contributed by atoms with Gasteiger partial charge < -0.3 is 10.6 Å². The molecule has 1 aromatic rings. The van der Waals surface area contributed by atoms with Gasteiger partial charge in [0.05, 0.1) is 5.69 Å². The normalized spacial score (nSPS) is 19.2. The van der Waals surface area contributed by atoms with Crippen molar-refractivity contribution in [1.29, 1.82) is 0 Å². The summed E-state index contributed by atoms with van der Waals surface area (Å²) in [6.45, 7) is 11.7. The summed E-state index contributed by atoms with van der Waals surface area (Å²) < 4.78 is 0. The Balaban J connectivity index is 1.96. The van der Waals surface area contributed by atoms with E-state index in [-0.39, 0.29) is 0 Å². The lowest BCUT2D eigenvalue weighted by atomic mass is 10.2. The molecule has 0 saturated carbocycles. The molecular formula is C13H24N4S. The zero-order chi connectivity index (χ0) is 13.1. The van der Waals surface area contributed by atoms with Crippen molar-refractivity contribution in [1.82, 2.24) is 9.88 Å². The third-order valence-electron chi connectivity index (χ3n) is 3.87. The number of hydrogen-bond donors (Lipinski definition) is 1. The summed E-state index contributed by atoms with van der Waals surface area (Å²) in [7, 11) is 0. The Morgan fingerprint density at radius 1 is 1.33 bits per heavy atom. The van der Waals surface area contributed by atoms with Gasteiger partial charge in [-0.1, -0.05) is 6.92 Å². The molecule has 2 rings (SSSR count). The van der Waals surface area contributed by atoms with Crippen LogP contribution in [0.3, 0.4) is 0 Å². The van der Waals surface area contributed by atoms with E-state index in [1.165, 1.54) is 11.3 Å². The second-order valence-corrected chi connectivity index (χ2v) is 6.05. The van der Waals surface area contributed by atoms with Crippen molar-refractivity contribution in [3.8, 4) is 0 Å². The second kappa shape index (κ2) is 5.99. The molecule has 1 fully saturated rings. The van der Waals surface area contributed by atoms with Gasteiger partial charge in [0, 0.05) is 43.6 Å². The highest BCUT2D eigenvalue weighted by Crippen LogP contribution is 2.26. The molecule has 0 aromatic carbocycles. The number of hydrogen-bond acceptors (Lipinski definition) is 5. The molecule has 0 amide bonds. The first-order valence-corrected chi connectivity index (χ1v) is 7.62. The minimum absolute atomic E-state index is 0.607. The van der Waals surface area contributed by atoms with Gasteiger partial charge in [-0.15, -0.1) is 11.3 Å². The average molecular weight is 268 g/mol. The number of piperazine rings is 1. The monoisotopic (exact) mass is 268 g/mol. The van der Waals surface area contributed by atoms with E-state index >= 15 is 0 Å². The molecular weight excluding hydrogens is 244 g/mol. The zero-order valence-electron chi connectivity index (χ0n) is 11.6. The maximum Gasteiger partial charge on any atom is 0.185 e. The molecule has 1 unspecified atom stereocenters. The van der Waals surface area contributed by atoms with Crippen LogP contribution in [0.5, 0.6) is 0 Å². The Hall–Kier alpha value is -0.650. The SMILES string of the molecule is CCC(C)N1CCN(c2nc(C)c(CN)s2)CC1. The minimum atomic E-state index is 0.607. The van der Waals surface area contributed by atoms with Crippen LogP contribution in [0.15, 0.2) is 0 Å². The van der Waals surface area contributed by atoms with Crippen LogP contribution in [-0.4, -0.2) is 42.1 Å². The molecule has 1 saturated heterocycles. The first-order valence-electron chi connectivity index (χ1n) is 6.81. The quantitative estimate of drug-likeness (QED) is 0.905. The van der Waals surface area contributed by atoms with Gasteiger partial charge in [-0.3, -0.25) is 4.90 Å². The fraction of sp³-hybridized carbons (Fsp3) is 0.769. The fourth-order valence-electron chi connectivity index (χ4n) is 2.35. The van der Waals surface area contributed by atoms with Gasteiger partial charge in [-0.05, 0) is 20.3 Å². The van der Waals surface area contributed by atoms with E-state index in [2.05, 4.69) is 35.6 Å². The standard InChI is InChI=1S/C13H24N4S/c1-4-10(2)16-5-7-17(8-6-16)13-15-11(3)12(9-14)18-13/h10H,4-9,14H2,1-3H3. The van der Waals surface area contributed by atoms with Gasteiger partial charge in [0.25, 0.3) is 0 Å². The lowest BCUT2D eigenvalue weighted by molar-refractivity contribution is 0.193. The van der Waals surface area contributed by atoms with Crippen LogP contribution >= 0.6 is 11.3 Å². The Labute approximate surface area is 114 Å². The molecule has 2 heterocycles. The molecule has 0 radical (unpaired) electrons. The summed E-state index contributed by atoms with van der Waals surface area (Å²) in [4.78, 5) is 10.8. The summed E-state index contributed by atoms with van der Waals surface area (Å²) in [5.74, 6) is 0. The molecule has 1 atom stereocenters.